The van der Waals surface area contributed by atoms with Crippen LogP contribution in [-0.2, 0) is 0 Å². The maximum Gasteiger partial charge on any atom is 0.319 e. The van der Waals surface area contributed by atoms with Gasteiger partial charge in [-0.25, -0.2) is 9.59 Å². The van der Waals surface area contributed by atoms with E-state index in [1.165, 1.54) is 0 Å². The van der Waals surface area contributed by atoms with Gasteiger partial charge in [0.25, 0.3) is 5.91 Å². The van der Waals surface area contributed by atoms with Crippen LogP contribution in [0.5, 0.6) is 5.75 Å². The van der Waals surface area contributed by atoms with Crippen LogP contribution in [0.3, 0.4) is 0 Å². The lowest BCUT2D eigenvalue weighted by molar-refractivity contribution is 0.0368. The number of anilines is 1. The van der Waals surface area contributed by atoms with E-state index in [0.29, 0.717) is 12.2 Å². The number of hydrogen-bond donors (Lipinski definition) is 4. The normalized spacial score (nSPS) is 19.0. The summed E-state index contributed by atoms with van der Waals surface area (Å²) in [6.07, 6.45) is -0.473. The third kappa shape index (κ3) is 6.99. The van der Waals surface area contributed by atoms with Crippen LogP contribution >= 0.6 is 0 Å². The van der Waals surface area contributed by atoms with Crippen molar-refractivity contribution >= 4 is 23.7 Å². The number of nitrogens with one attached hydrogen (secondary N) is 3. The lowest BCUT2D eigenvalue weighted by Crippen LogP contribution is -2.51. The zero-order valence-corrected chi connectivity index (χ0v) is 21.2. The van der Waals surface area contributed by atoms with E-state index in [1.54, 1.807) is 42.0 Å². The molecule has 0 fully saturated rings. The number of carbonyl (C=O) groups is 3. The molecule has 0 radical (unpaired) electrons. The second kappa shape index (κ2) is 11.9. The van der Waals surface area contributed by atoms with Crippen LogP contribution in [0.2, 0.25) is 0 Å². The molecular weight excluding hydrogens is 438 g/mol. The van der Waals surface area contributed by atoms with Gasteiger partial charge in [0.1, 0.15) is 6.10 Å². The number of carbonyl (C=O) groups excluding carboxylic acids is 3. The predicted octanol–water partition coefficient (Wildman–Crippen LogP) is 2.49. The number of urea groups is 2. The molecule has 5 amide bonds. The molecule has 4 N–H and O–H groups in total. The summed E-state index contributed by atoms with van der Waals surface area (Å²) in [5.41, 5.74) is 0.641. The van der Waals surface area contributed by atoms with Crippen molar-refractivity contribution in [2.45, 2.75) is 65.8 Å². The number of aliphatic hydroxyl groups excluding tert-OH is 1. The Hall–Kier alpha value is -3.01. The molecule has 34 heavy (non-hydrogen) atoms. The van der Waals surface area contributed by atoms with Gasteiger partial charge < -0.3 is 35.6 Å². The lowest BCUT2D eigenvalue weighted by atomic mass is 9.99. The molecule has 0 saturated heterocycles. The summed E-state index contributed by atoms with van der Waals surface area (Å²) >= 11 is 0. The molecule has 1 heterocycles. The third-order valence-corrected chi connectivity index (χ3v) is 5.57. The Bertz CT molecular complexity index is 875. The highest BCUT2D eigenvalue weighted by atomic mass is 16.5. The fourth-order valence-corrected chi connectivity index (χ4v) is 3.69. The number of ether oxygens (including phenoxy) is 1. The molecule has 1 aliphatic rings. The number of aliphatic hydroxyl groups is 1. The summed E-state index contributed by atoms with van der Waals surface area (Å²) in [5, 5.41) is 18.2. The number of fused-ring (bicyclic) bond motifs is 1. The zero-order valence-electron chi connectivity index (χ0n) is 21.2. The van der Waals surface area contributed by atoms with Gasteiger partial charge in [0.15, 0.2) is 5.75 Å². The average Bonchev–Trinajstić information content (AvgIpc) is 2.74. The van der Waals surface area contributed by atoms with E-state index in [4.69, 9.17) is 4.74 Å². The molecule has 3 atom stereocenters. The molecule has 1 aliphatic heterocycles. The van der Waals surface area contributed by atoms with Crippen LogP contribution in [-0.4, -0.2) is 83.8 Å². The molecule has 1 aromatic carbocycles. The molecule has 1 aromatic rings. The number of nitrogens with zero attached hydrogens (tertiary/aromatic N) is 2. The molecule has 10 nitrogen and oxygen atoms in total. The summed E-state index contributed by atoms with van der Waals surface area (Å²) < 4.78 is 6.37. The maximum atomic E-state index is 13.4. The number of rotatable bonds is 7. The van der Waals surface area contributed by atoms with Crippen LogP contribution in [0.15, 0.2) is 18.2 Å². The Morgan fingerprint density at radius 1 is 1.18 bits per heavy atom. The van der Waals surface area contributed by atoms with E-state index in [9.17, 15) is 19.5 Å². The Morgan fingerprint density at radius 3 is 2.41 bits per heavy atom. The standard InChI is InChI=1S/C24H39N5O5/c1-14(2)25-23(32)27-19-10-8-9-18-21(19)34-20(12-28(7)24(33)26-15(3)4)16(5)11-29(22(18)31)17(6)13-30/h8-10,14-17,20,30H,11-13H2,1-7H3,(H,26,33)(H2,25,27,32)/t16-,17+,20-/m0/s1. The largest absolute Gasteiger partial charge is 0.485 e. The first-order valence-electron chi connectivity index (χ1n) is 11.7. The van der Waals surface area contributed by atoms with Gasteiger partial charge in [-0.15, -0.1) is 0 Å². The number of amides is 5. The smallest absolute Gasteiger partial charge is 0.319 e. The van der Waals surface area contributed by atoms with Crippen molar-refractivity contribution < 1.29 is 24.2 Å². The van der Waals surface area contributed by atoms with Gasteiger partial charge in [-0.2, -0.15) is 0 Å². The third-order valence-electron chi connectivity index (χ3n) is 5.57. The zero-order chi connectivity index (χ0) is 25.6. The molecule has 0 unspecified atom stereocenters. The molecule has 190 valence electrons. The highest BCUT2D eigenvalue weighted by Gasteiger charge is 2.35. The molecule has 10 heteroatoms. The van der Waals surface area contributed by atoms with Gasteiger partial charge in [-0.3, -0.25) is 4.79 Å². The molecule has 0 spiro atoms. The Labute approximate surface area is 202 Å². The molecule has 0 saturated carbocycles. The van der Waals surface area contributed by atoms with Gasteiger partial charge in [0.2, 0.25) is 0 Å². The molecule has 0 aromatic heterocycles. The first-order chi connectivity index (χ1) is 15.9. The Balaban J connectivity index is 2.47. The Kier molecular flexibility index (Phi) is 9.55. The highest BCUT2D eigenvalue weighted by Crippen LogP contribution is 2.35. The van der Waals surface area contributed by atoms with Crippen molar-refractivity contribution in [3.05, 3.63) is 23.8 Å². The van der Waals surface area contributed by atoms with Gasteiger partial charge in [0, 0.05) is 31.6 Å². The van der Waals surface area contributed by atoms with Crippen LogP contribution in [0.25, 0.3) is 0 Å². The van der Waals surface area contributed by atoms with Crippen LogP contribution in [0, 0.1) is 5.92 Å². The van der Waals surface area contributed by atoms with Crippen molar-refractivity contribution in [3.63, 3.8) is 0 Å². The van der Waals surface area contributed by atoms with E-state index < -0.39 is 18.2 Å². The highest BCUT2D eigenvalue weighted by molar-refractivity contribution is 6.01. The second-order valence-corrected chi connectivity index (χ2v) is 9.54. The number of likely N-dealkylation sites (N-methyl/N-ethyl adjacent to an activating group) is 1. The first kappa shape index (κ1) is 27.2. The topological polar surface area (TPSA) is 123 Å². The van der Waals surface area contributed by atoms with Crippen LogP contribution in [0.4, 0.5) is 15.3 Å². The van der Waals surface area contributed by atoms with E-state index in [1.807, 2.05) is 34.6 Å². The summed E-state index contributed by atoms with van der Waals surface area (Å²) in [7, 11) is 1.69. The maximum absolute atomic E-state index is 13.4. The number of hydrogen-bond acceptors (Lipinski definition) is 5. The molecule has 0 aliphatic carbocycles. The summed E-state index contributed by atoms with van der Waals surface area (Å²) in [6.45, 7) is 11.6. The summed E-state index contributed by atoms with van der Waals surface area (Å²) in [6, 6.07) is 3.84. The number of benzene rings is 1. The second-order valence-electron chi connectivity index (χ2n) is 9.54. The van der Waals surface area contributed by atoms with Crippen LogP contribution in [0.1, 0.15) is 51.9 Å². The molecule has 0 bridgehead atoms. The van der Waals surface area contributed by atoms with Crippen molar-refractivity contribution in [1.82, 2.24) is 20.4 Å². The summed E-state index contributed by atoms with van der Waals surface area (Å²) in [4.78, 5) is 41.5. The summed E-state index contributed by atoms with van der Waals surface area (Å²) in [5.74, 6) is -0.214. The monoisotopic (exact) mass is 477 g/mol. The quantitative estimate of drug-likeness (QED) is 0.480. The van der Waals surface area contributed by atoms with Crippen molar-refractivity contribution in [3.8, 4) is 5.75 Å². The van der Waals surface area contributed by atoms with Gasteiger partial charge in [-0.05, 0) is 46.8 Å². The van der Waals surface area contributed by atoms with E-state index in [0.717, 1.165) is 0 Å². The van der Waals surface area contributed by atoms with Crippen LogP contribution < -0.4 is 20.7 Å². The minimum Gasteiger partial charge on any atom is -0.485 e. The Morgan fingerprint density at radius 2 is 1.82 bits per heavy atom. The van der Waals surface area contributed by atoms with Gasteiger partial charge in [-0.1, -0.05) is 13.0 Å². The predicted molar refractivity (Wildman–Crippen MR) is 131 cm³/mol. The molecular formula is C24H39N5O5. The van der Waals surface area contributed by atoms with E-state index >= 15 is 0 Å². The minimum absolute atomic E-state index is 0.0138. The van der Waals surface area contributed by atoms with E-state index in [-0.39, 0.29) is 54.4 Å². The van der Waals surface area contributed by atoms with Crippen molar-refractivity contribution in [1.29, 1.82) is 0 Å². The fraction of sp³-hybridized carbons (Fsp3) is 0.625. The fourth-order valence-electron chi connectivity index (χ4n) is 3.69. The van der Waals surface area contributed by atoms with Gasteiger partial charge in [0.05, 0.1) is 30.4 Å². The lowest BCUT2D eigenvalue weighted by Gasteiger charge is -2.38. The van der Waals surface area contributed by atoms with Gasteiger partial charge >= 0.3 is 12.1 Å². The van der Waals surface area contributed by atoms with Crippen molar-refractivity contribution in [2.24, 2.45) is 5.92 Å². The van der Waals surface area contributed by atoms with E-state index in [2.05, 4.69) is 16.0 Å². The SMILES string of the molecule is CC(C)NC(=O)Nc1cccc2c1O[C@@H](CN(C)C(=O)NC(C)C)[C@@H](C)CN([C@H](C)CO)C2=O. The molecule has 2 rings (SSSR count). The average molecular weight is 478 g/mol. The first-order valence-corrected chi connectivity index (χ1v) is 11.7. The van der Waals surface area contributed by atoms with Crippen molar-refractivity contribution in [2.75, 3.05) is 32.1 Å². The minimum atomic E-state index is -0.473. The number of para-hydroxylation sites is 1.